The number of carbonyl (C=O) groups is 2. The average Bonchev–Trinajstić information content (AvgIpc) is 3.32. The maximum Gasteiger partial charge on any atom is 0.417 e. The van der Waals surface area contributed by atoms with E-state index in [9.17, 15) is 36.6 Å². The molecule has 1 amide bonds. The van der Waals surface area contributed by atoms with Gasteiger partial charge in [-0.15, -0.1) is 0 Å². The number of hydrogen-bond acceptors (Lipinski definition) is 5. The Bertz CT molecular complexity index is 1310. The lowest BCUT2D eigenvalue weighted by molar-refractivity contribution is -0.138. The van der Waals surface area contributed by atoms with Crippen LogP contribution in [0.4, 0.5) is 22.0 Å². The van der Waals surface area contributed by atoms with Crippen molar-refractivity contribution in [1.82, 2.24) is 25.0 Å². The van der Waals surface area contributed by atoms with Crippen LogP contribution in [0, 0.1) is 0 Å². The predicted octanol–water partition coefficient (Wildman–Crippen LogP) is 4.65. The molecule has 0 spiro atoms. The quantitative estimate of drug-likeness (QED) is 0.376. The largest absolute Gasteiger partial charge is 0.481 e. The van der Waals surface area contributed by atoms with Crippen LogP contribution in [-0.2, 0) is 11.0 Å². The zero-order chi connectivity index (χ0) is 28.2. The number of nitrogens with zero attached hydrogens (tertiary/aromatic N) is 4. The maximum absolute atomic E-state index is 13.8. The summed E-state index contributed by atoms with van der Waals surface area (Å²) in [5.74, 6) is -4.68. The molecule has 1 aliphatic rings. The molecule has 13 heteroatoms. The van der Waals surface area contributed by atoms with Crippen LogP contribution in [0.25, 0.3) is 17.1 Å². The highest BCUT2D eigenvalue weighted by Gasteiger charge is 2.36. The number of likely N-dealkylation sites (tertiary alicyclic amines) is 1. The molecule has 8 nitrogen and oxygen atoms in total. The Morgan fingerprint density at radius 2 is 1.87 bits per heavy atom. The van der Waals surface area contributed by atoms with Gasteiger partial charge in [0.05, 0.1) is 24.2 Å². The molecule has 3 heterocycles. The van der Waals surface area contributed by atoms with Crippen molar-refractivity contribution >= 4 is 11.9 Å². The van der Waals surface area contributed by atoms with Crippen LogP contribution >= 0.6 is 0 Å². The standard InChI is InChI=1S/C26H26F5N5O3/c27-25(28)10-5-12-35(16-25)13-9-17(14-23(37)38)33-24(39)20-15-21(36(34-20)22-8-3-4-11-32-22)18-6-1-2-7-19(18)26(29,30)31/h1-4,6-8,11,15,17H,5,9-10,12-14,16H2,(H,33,39)(H,37,38). The van der Waals surface area contributed by atoms with Gasteiger partial charge in [0.1, 0.15) is 0 Å². The molecular weight excluding hydrogens is 525 g/mol. The number of piperidine rings is 1. The fraction of sp³-hybridized carbons (Fsp3) is 0.385. The summed E-state index contributed by atoms with van der Waals surface area (Å²) in [6.45, 7) is 0.122. The van der Waals surface area contributed by atoms with Gasteiger partial charge in [-0.05, 0) is 43.7 Å². The molecule has 0 bridgehead atoms. The zero-order valence-corrected chi connectivity index (χ0v) is 20.7. The van der Waals surface area contributed by atoms with Crippen molar-refractivity contribution in [2.75, 3.05) is 19.6 Å². The Labute approximate surface area is 220 Å². The van der Waals surface area contributed by atoms with Crippen LogP contribution in [0.1, 0.15) is 41.7 Å². The first-order chi connectivity index (χ1) is 18.4. The lowest BCUT2D eigenvalue weighted by Crippen LogP contribution is -2.45. The minimum atomic E-state index is -4.68. The molecule has 2 aromatic heterocycles. The summed E-state index contributed by atoms with van der Waals surface area (Å²) < 4.78 is 70.0. The van der Waals surface area contributed by atoms with E-state index in [0.717, 1.165) is 10.7 Å². The number of nitrogens with one attached hydrogen (secondary N) is 1. The van der Waals surface area contributed by atoms with Gasteiger partial charge in [-0.1, -0.05) is 24.3 Å². The number of rotatable bonds is 9. The highest BCUT2D eigenvalue weighted by atomic mass is 19.4. The minimum absolute atomic E-state index is 0.0443. The molecule has 0 radical (unpaired) electrons. The Kier molecular flexibility index (Phi) is 8.28. The molecule has 3 aromatic rings. The molecular formula is C26H26F5N5O3. The highest BCUT2D eigenvalue weighted by molar-refractivity contribution is 5.94. The average molecular weight is 552 g/mol. The maximum atomic E-state index is 13.8. The van der Waals surface area contributed by atoms with E-state index in [-0.39, 0.29) is 42.2 Å². The SMILES string of the molecule is O=C(O)CC(CCN1CCCC(F)(F)C1)NC(=O)c1cc(-c2ccccc2C(F)(F)F)n(-c2ccccn2)n1. The van der Waals surface area contributed by atoms with Crippen molar-refractivity contribution in [3.8, 4) is 17.1 Å². The first-order valence-corrected chi connectivity index (χ1v) is 12.2. The second-order valence-electron chi connectivity index (χ2n) is 9.35. The molecule has 0 saturated carbocycles. The Morgan fingerprint density at radius 1 is 1.13 bits per heavy atom. The smallest absolute Gasteiger partial charge is 0.417 e. The van der Waals surface area contributed by atoms with Crippen molar-refractivity contribution in [2.24, 2.45) is 0 Å². The number of alkyl halides is 5. The normalized spacial score (nSPS) is 16.5. The van der Waals surface area contributed by atoms with E-state index < -0.39 is 48.5 Å². The second-order valence-corrected chi connectivity index (χ2v) is 9.35. The van der Waals surface area contributed by atoms with E-state index in [1.807, 2.05) is 0 Å². The minimum Gasteiger partial charge on any atom is -0.481 e. The predicted molar refractivity (Wildman–Crippen MR) is 131 cm³/mol. The van der Waals surface area contributed by atoms with Crippen LogP contribution in [-0.4, -0.2) is 68.2 Å². The van der Waals surface area contributed by atoms with Crippen LogP contribution in [0.2, 0.25) is 0 Å². The van der Waals surface area contributed by atoms with Crippen molar-refractivity contribution in [1.29, 1.82) is 0 Å². The third-order valence-corrected chi connectivity index (χ3v) is 6.34. The van der Waals surface area contributed by atoms with E-state index in [1.54, 1.807) is 12.1 Å². The first-order valence-electron chi connectivity index (χ1n) is 12.2. The summed E-state index contributed by atoms with van der Waals surface area (Å²) in [7, 11) is 0. The number of pyridine rings is 1. The van der Waals surface area contributed by atoms with E-state index in [4.69, 9.17) is 0 Å². The summed E-state index contributed by atoms with van der Waals surface area (Å²) in [5.41, 5.74) is -1.46. The van der Waals surface area contributed by atoms with Crippen LogP contribution < -0.4 is 5.32 Å². The van der Waals surface area contributed by atoms with Crippen LogP contribution in [0.15, 0.2) is 54.7 Å². The van der Waals surface area contributed by atoms with Gasteiger partial charge in [-0.3, -0.25) is 14.5 Å². The van der Waals surface area contributed by atoms with Gasteiger partial charge in [0.15, 0.2) is 11.5 Å². The topological polar surface area (TPSA) is 100 Å². The lowest BCUT2D eigenvalue weighted by atomic mass is 10.0. The molecule has 4 rings (SSSR count). The van der Waals surface area contributed by atoms with Gasteiger partial charge < -0.3 is 10.4 Å². The molecule has 1 saturated heterocycles. The number of carboxylic acids is 1. The number of halogens is 5. The number of carboxylic acid groups (broad SMARTS) is 1. The third kappa shape index (κ3) is 7.16. The van der Waals surface area contributed by atoms with E-state index >= 15 is 0 Å². The lowest BCUT2D eigenvalue weighted by Gasteiger charge is -2.33. The number of carbonyl (C=O) groups excluding carboxylic acids is 1. The monoisotopic (exact) mass is 551 g/mol. The summed E-state index contributed by atoms with van der Waals surface area (Å²) >= 11 is 0. The van der Waals surface area contributed by atoms with Crippen molar-refractivity contribution in [2.45, 2.75) is 43.8 Å². The molecule has 2 N–H and O–H groups in total. The van der Waals surface area contributed by atoms with Gasteiger partial charge in [0.25, 0.3) is 11.8 Å². The molecule has 208 valence electrons. The number of amides is 1. The number of aliphatic carboxylic acids is 1. The van der Waals surface area contributed by atoms with Crippen molar-refractivity contribution in [3.63, 3.8) is 0 Å². The fourth-order valence-corrected chi connectivity index (χ4v) is 4.56. The molecule has 1 unspecified atom stereocenters. The van der Waals surface area contributed by atoms with Crippen molar-refractivity contribution < 1.29 is 36.6 Å². The Hall–Kier alpha value is -3.87. The third-order valence-electron chi connectivity index (χ3n) is 6.34. The Balaban J connectivity index is 1.62. The second kappa shape index (κ2) is 11.5. The molecule has 1 fully saturated rings. The summed E-state index contributed by atoms with van der Waals surface area (Å²) in [6, 6.07) is 9.82. The highest BCUT2D eigenvalue weighted by Crippen LogP contribution is 2.37. The van der Waals surface area contributed by atoms with Gasteiger partial charge in [-0.2, -0.15) is 18.3 Å². The zero-order valence-electron chi connectivity index (χ0n) is 20.7. The van der Waals surface area contributed by atoms with Gasteiger partial charge in [0.2, 0.25) is 0 Å². The Morgan fingerprint density at radius 3 is 2.54 bits per heavy atom. The van der Waals surface area contributed by atoms with Gasteiger partial charge in [0, 0.05) is 30.8 Å². The summed E-state index contributed by atoms with van der Waals surface area (Å²) in [4.78, 5) is 30.2. The first kappa shape index (κ1) is 28.1. The van der Waals surface area contributed by atoms with Crippen LogP contribution in [0.3, 0.4) is 0 Å². The van der Waals surface area contributed by atoms with Gasteiger partial charge >= 0.3 is 12.1 Å². The van der Waals surface area contributed by atoms with Crippen molar-refractivity contribution in [3.05, 3.63) is 66.0 Å². The van der Waals surface area contributed by atoms with E-state index in [1.165, 1.54) is 41.4 Å². The molecule has 0 aliphatic carbocycles. The van der Waals surface area contributed by atoms with E-state index in [0.29, 0.717) is 13.0 Å². The fourth-order valence-electron chi connectivity index (χ4n) is 4.56. The summed E-state index contributed by atoms with van der Waals surface area (Å²) in [6.07, 6.45) is -3.56. The van der Waals surface area contributed by atoms with E-state index in [2.05, 4.69) is 15.4 Å². The number of benzene rings is 1. The number of hydrogen-bond donors (Lipinski definition) is 2. The molecule has 1 aromatic carbocycles. The molecule has 1 aliphatic heterocycles. The van der Waals surface area contributed by atoms with Gasteiger partial charge in [-0.25, -0.2) is 18.4 Å². The molecule has 39 heavy (non-hydrogen) atoms. The number of aromatic nitrogens is 3. The summed E-state index contributed by atoms with van der Waals surface area (Å²) in [5, 5.41) is 16.1. The van der Waals surface area contributed by atoms with Crippen LogP contribution in [0.5, 0.6) is 0 Å². The molecule has 1 atom stereocenters.